The normalized spacial score (nSPS) is 12.8. The first-order valence-corrected chi connectivity index (χ1v) is 9.27. The Balaban J connectivity index is 1.54. The van der Waals surface area contributed by atoms with E-state index < -0.39 is 0 Å². The molecule has 1 amide bonds. The molecule has 0 spiro atoms. The molecule has 26 heavy (non-hydrogen) atoms. The van der Waals surface area contributed by atoms with Crippen LogP contribution in [0.25, 0.3) is 10.4 Å². The van der Waals surface area contributed by atoms with Crippen LogP contribution in [0.15, 0.2) is 59.7 Å². The standard InChI is InChI=1S/C20H15ClN2O2S/c1-12(13-6-8-15(21)9-7-13)22-23-20(24)18-10-14-11-25-17-5-3-2-4-16(17)19(14)26-18/h2-10H,11H2,1H3,(H,23,24)/b22-12+. The number of hydrazone groups is 1. The topological polar surface area (TPSA) is 50.7 Å². The van der Waals surface area contributed by atoms with E-state index in [1.54, 1.807) is 12.1 Å². The third-order valence-corrected chi connectivity index (χ3v) is 5.60. The summed E-state index contributed by atoms with van der Waals surface area (Å²) in [5.41, 5.74) is 6.30. The van der Waals surface area contributed by atoms with Crippen LogP contribution < -0.4 is 10.2 Å². The maximum atomic E-state index is 12.5. The maximum Gasteiger partial charge on any atom is 0.281 e. The molecule has 0 fully saturated rings. The number of ether oxygens (including phenoxy) is 1. The Morgan fingerprint density at radius 3 is 2.77 bits per heavy atom. The Hall–Kier alpha value is -2.63. The Bertz CT molecular complexity index is 1010. The fourth-order valence-corrected chi connectivity index (χ4v) is 3.97. The van der Waals surface area contributed by atoms with Crippen LogP contribution in [0, 0.1) is 0 Å². The fraction of sp³-hybridized carbons (Fsp3) is 0.100. The van der Waals surface area contributed by atoms with Gasteiger partial charge in [-0.15, -0.1) is 11.3 Å². The number of carbonyl (C=O) groups excluding carboxylic acids is 1. The van der Waals surface area contributed by atoms with Gasteiger partial charge in [-0.3, -0.25) is 4.79 Å². The highest BCUT2D eigenvalue weighted by atomic mass is 35.5. The summed E-state index contributed by atoms with van der Waals surface area (Å²) in [5.74, 6) is 0.626. The van der Waals surface area contributed by atoms with Crippen LogP contribution in [0.2, 0.25) is 5.02 Å². The number of halogens is 1. The summed E-state index contributed by atoms with van der Waals surface area (Å²) in [6.45, 7) is 2.32. The molecule has 0 unspecified atom stereocenters. The number of hydrogen-bond donors (Lipinski definition) is 1. The van der Waals surface area contributed by atoms with Crippen molar-refractivity contribution < 1.29 is 9.53 Å². The first kappa shape index (κ1) is 16.8. The van der Waals surface area contributed by atoms with Crippen molar-refractivity contribution in [1.29, 1.82) is 0 Å². The van der Waals surface area contributed by atoms with Crippen LogP contribution in [0.3, 0.4) is 0 Å². The minimum atomic E-state index is -0.227. The number of fused-ring (bicyclic) bond motifs is 3. The van der Waals surface area contributed by atoms with E-state index in [1.807, 2.05) is 49.4 Å². The monoisotopic (exact) mass is 382 g/mol. The number of para-hydroxylation sites is 1. The van der Waals surface area contributed by atoms with Gasteiger partial charge >= 0.3 is 0 Å². The van der Waals surface area contributed by atoms with Gasteiger partial charge in [0, 0.05) is 21.0 Å². The Kier molecular flexibility index (Phi) is 4.49. The predicted molar refractivity (Wildman–Crippen MR) is 105 cm³/mol. The van der Waals surface area contributed by atoms with E-state index in [9.17, 15) is 4.79 Å². The number of amides is 1. The molecule has 4 rings (SSSR count). The van der Waals surface area contributed by atoms with Crippen LogP contribution in [0.4, 0.5) is 0 Å². The molecule has 3 aromatic rings. The van der Waals surface area contributed by atoms with Crippen molar-refractivity contribution in [1.82, 2.24) is 5.43 Å². The first-order chi connectivity index (χ1) is 12.6. The van der Waals surface area contributed by atoms with E-state index in [-0.39, 0.29) is 5.91 Å². The van der Waals surface area contributed by atoms with Crippen LogP contribution >= 0.6 is 22.9 Å². The van der Waals surface area contributed by atoms with Gasteiger partial charge in [-0.25, -0.2) is 5.43 Å². The van der Waals surface area contributed by atoms with Gasteiger partial charge in [-0.1, -0.05) is 35.9 Å². The number of thiophene rings is 1. The van der Waals surface area contributed by atoms with Gasteiger partial charge in [0.2, 0.25) is 0 Å². The van der Waals surface area contributed by atoms with E-state index in [4.69, 9.17) is 16.3 Å². The number of nitrogens with one attached hydrogen (secondary N) is 1. The highest BCUT2D eigenvalue weighted by molar-refractivity contribution is 7.17. The second kappa shape index (κ2) is 6.94. The molecule has 1 aliphatic heterocycles. The molecular weight excluding hydrogens is 368 g/mol. The molecule has 0 atom stereocenters. The van der Waals surface area contributed by atoms with Gasteiger partial charge in [0.05, 0.1) is 10.6 Å². The molecule has 2 heterocycles. The quantitative estimate of drug-likeness (QED) is 0.505. The Morgan fingerprint density at radius 1 is 1.19 bits per heavy atom. The van der Waals surface area contributed by atoms with Gasteiger partial charge in [0.15, 0.2) is 0 Å². The fourth-order valence-electron chi connectivity index (χ4n) is 2.76. The van der Waals surface area contributed by atoms with Gasteiger partial charge in [0.1, 0.15) is 12.4 Å². The summed E-state index contributed by atoms with van der Waals surface area (Å²) < 4.78 is 5.75. The number of benzene rings is 2. The van der Waals surface area contributed by atoms with Crippen molar-refractivity contribution in [3.05, 3.63) is 75.6 Å². The summed E-state index contributed by atoms with van der Waals surface area (Å²) in [6, 6.07) is 17.1. The van der Waals surface area contributed by atoms with Crippen molar-refractivity contribution in [3.63, 3.8) is 0 Å². The predicted octanol–water partition coefficient (Wildman–Crippen LogP) is 5.11. The molecule has 0 radical (unpaired) electrons. The van der Waals surface area contributed by atoms with E-state index in [1.165, 1.54) is 11.3 Å². The number of carbonyl (C=O) groups is 1. The van der Waals surface area contributed by atoms with Crippen LogP contribution in [0.5, 0.6) is 5.75 Å². The Morgan fingerprint density at radius 2 is 1.96 bits per heavy atom. The van der Waals surface area contributed by atoms with Gasteiger partial charge in [-0.05, 0) is 42.8 Å². The molecule has 4 nitrogen and oxygen atoms in total. The SMILES string of the molecule is C/C(=N\NC(=O)c1cc2c(s1)-c1ccccc1OC2)c1ccc(Cl)cc1. The largest absolute Gasteiger partial charge is 0.488 e. The molecule has 1 N–H and O–H groups in total. The molecule has 6 heteroatoms. The summed E-state index contributed by atoms with van der Waals surface area (Å²) in [7, 11) is 0. The van der Waals surface area contributed by atoms with Gasteiger partial charge in [-0.2, -0.15) is 5.10 Å². The number of nitrogens with zero attached hydrogens (tertiary/aromatic N) is 1. The summed E-state index contributed by atoms with van der Waals surface area (Å²) in [4.78, 5) is 14.2. The van der Waals surface area contributed by atoms with Gasteiger partial charge < -0.3 is 4.74 Å². The number of hydrogen-bond acceptors (Lipinski definition) is 4. The lowest BCUT2D eigenvalue weighted by atomic mass is 10.1. The smallest absolute Gasteiger partial charge is 0.281 e. The summed E-state index contributed by atoms with van der Waals surface area (Å²) >= 11 is 7.35. The Labute approximate surface area is 160 Å². The maximum absolute atomic E-state index is 12.5. The van der Waals surface area contributed by atoms with E-state index in [0.717, 1.165) is 27.3 Å². The third kappa shape index (κ3) is 3.23. The molecule has 1 aromatic heterocycles. The van der Waals surface area contributed by atoms with Crippen molar-refractivity contribution >= 4 is 34.6 Å². The molecular formula is C20H15ClN2O2S. The lowest BCUT2D eigenvalue weighted by Gasteiger charge is -2.16. The minimum Gasteiger partial charge on any atom is -0.488 e. The summed E-state index contributed by atoms with van der Waals surface area (Å²) in [6.07, 6.45) is 0. The van der Waals surface area contributed by atoms with E-state index in [0.29, 0.717) is 22.2 Å². The average Bonchev–Trinajstić information content (AvgIpc) is 3.11. The second-order valence-corrected chi connectivity index (χ2v) is 7.38. The van der Waals surface area contributed by atoms with Crippen molar-refractivity contribution in [3.8, 4) is 16.2 Å². The zero-order chi connectivity index (χ0) is 18.1. The zero-order valence-electron chi connectivity index (χ0n) is 14.0. The summed E-state index contributed by atoms with van der Waals surface area (Å²) in [5, 5.41) is 4.86. The second-order valence-electron chi connectivity index (χ2n) is 5.89. The first-order valence-electron chi connectivity index (χ1n) is 8.07. The van der Waals surface area contributed by atoms with E-state index in [2.05, 4.69) is 10.5 Å². The zero-order valence-corrected chi connectivity index (χ0v) is 15.5. The highest BCUT2D eigenvalue weighted by Gasteiger charge is 2.22. The molecule has 0 saturated heterocycles. The minimum absolute atomic E-state index is 0.227. The molecule has 2 aromatic carbocycles. The number of rotatable bonds is 3. The molecule has 0 aliphatic carbocycles. The van der Waals surface area contributed by atoms with E-state index >= 15 is 0 Å². The van der Waals surface area contributed by atoms with Crippen molar-refractivity contribution in [2.45, 2.75) is 13.5 Å². The van der Waals surface area contributed by atoms with Crippen molar-refractivity contribution in [2.24, 2.45) is 5.10 Å². The molecule has 130 valence electrons. The molecule has 0 saturated carbocycles. The lowest BCUT2D eigenvalue weighted by Crippen LogP contribution is -2.18. The molecule has 0 bridgehead atoms. The van der Waals surface area contributed by atoms with Gasteiger partial charge in [0.25, 0.3) is 5.91 Å². The third-order valence-electron chi connectivity index (χ3n) is 4.13. The van der Waals surface area contributed by atoms with Crippen molar-refractivity contribution in [2.75, 3.05) is 0 Å². The molecule has 1 aliphatic rings. The lowest BCUT2D eigenvalue weighted by molar-refractivity contribution is 0.0959. The average molecular weight is 383 g/mol. The van der Waals surface area contributed by atoms with Crippen LogP contribution in [-0.2, 0) is 6.61 Å². The van der Waals surface area contributed by atoms with Crippen LogP contribution in [-0.4, -0.2) is 11.6 Å². The van der Waals surface area contributed by atoms with Crippen LogP contribution in [0.1, 0.15) is 27.7 Å². The highest BCUT2D eigenvalue weighted by Crippen LogP contribution is 2.42.